The Hall–Kier alpha value is -2.60. The first-order valence-electron chi connectivity index (χ1n) is 8.53. The van der Waals surface area contributed by atoms with Crippen molar-refractivity contribution in [1.29, 1.82) is 0 Å². The molecule has 2 N–H and O–H groups in total. The van der Waals surface area contributed by atoms with Gasteiger partial charge in [-0.25, -0.2) is 4.98 Å². The van der Waals surface area contributed by atoms with Crippen LogP contribution in [0.25, 0.3) is 11.0 Å². The first kappa shape index (κ1) is 18.2. The molecule has 0 radical (unpaired) electrons. The number of hydrogen-bond donors (Lipinski definition) is 2. The fraction of sp³-hybridized carbons (Fsp3) is 0.250. The van der Waals surface area contributed by atoms with E-state index in [0.29, 0.717) is 18.5 Å². The molecule has 0 saturated carbocycles. The summed E-state index contributed by atoms with van der Waals surface area (Å²) >= 11 is 1.63. The third-order valence-corrected chi connectivity index (χ3v) is 4.86. The molecular formula is C20H21N3O2S. The van der Waals surface area contributed by atoms with Crippen LogP contribution in [0.1, 0.15) is 29.0 Å². The maximum absolute atomic E-state index is 12.1. The number of thioether (sulfide) groups is 1. The van der Waals surface area contributed by atoms with E-state index in [1.54, 1.807) is 11.8 Å². The molecule has 0 spiro atoms. The summed E-state index contributed by atoms with van der Waals surface area (Å²) < 4.78 is 0. The van der Waals surface area contributed by atoms with Gasteiger partial charge in [0.05, 0.1) is 11.0 Å². The molecule has 1 aromatic heterocycles. The monoisotopic (exact) mass is 367 g/mol. The highest BCUT2D eigenvalue weighted by Gasteiger charge is 2.10. The molecular weight excluding hydrogens is 346 g/mol. The quantitative estimate of drug-likeness (QED) is 0.471. The zero-order valence-corrected chi connectivity index (χ0v) is 15.4. The van der Waals surface area contributed by atoms with E-state index in [1.807, 2.05) is 54.8 Å². The molecule has 0 bridgehead atoms. The molecule has 3 rings (SSSR count). The van der Waals surface area contributed by atoms with Crippen molar-refractivity contribution in [3.8, 4) is 0 Å². The van der Waals surface area contributed by atoms with Gasteiger partial charge in [-0.15, -0.1) is 11.8 Å². The maximum atomic E-state index is 12.1. The number of imidazole rings is 1. The van der Waals surface area contributed by atoms with E-state index >= 15 is 0 Å². The minimum absolute atomic E-state index is 0.00918. The summed E-state index contributed by atoms with van der Waals surface area (Å²) in [5.74, 6) is 0.719. The lowest BCUT2D eigenvalue weighted by molar-refractivity contribution is -0.121. The summed E-state index contributed by atoms with van der Waals surface area (Å²) in [4.78, 5) is 32.9. The van der Waals surface area contributed by atoms with Crippen molar-refractivity contribution < 1.29 is 9.59 Å². The molecule has 0 aliphatic carbocycles. The van der Waals surface area contributed by atoms with Gasteiger partial charge in [0.1, 0.15) is 5.82 Å². The van der Waals surface area contributed by atoms with Gasteiger partial charge in [-0.1, -0.05) is 24.3 Å². The number of Topliss-reactive ketones (excluding diaryl/α,β-unsaturated/α-hetero) is 1. The standard InChI is InChI=1S/C20H21N3O2S/c1-26-15-8-6-14(7-9-15)18(24)10-11-20(25)21-13-12-19-22-16-4-2-3-5-17(16)23-19/h2-9H,10-13H2,1H3,(H,21,25)(H,22,23). The fourth-order valence-corrected chi connectivity index (χ4v) is 3.09. The van der Waals surface area contributed by atoms with Crippen LogP contribution >= 0.6 is 11.8 Å². The van der Waals surface area contributed by atoms with E-state index in [4.69, 9.17) is 0 Å². The molecule has 1 heterocycles. The lowest BCUT2D eigenvalue weighted by Gasteiger charge is -2.04. The summed E-state index contributed by atoms with van der Waals surface area (Å²) in [7, 11) is 0. The second-order valence-electron chi connectivity index (χ2n) is 5.95. The summed E-state index contributed by atoms with van der Waals surface area (Å²) in [5.41, 5.74) is 2.57. The number of nitrogens with one attached hydrogen (secondary N) is 2. The number of hydrogen-bond acceptors (Lipinski definition) is 4. The average Bonchev–Trinajstić information content (AvgIpc) is 3.09. The van der Waals surface area contributed by atoms with E-state index in [2.05, 4.69) is 15.3 Å². The molecule has 1 amide bonds. The number of para-hydroxylation sites is 2. The fourth-order valence-electron chi connectivity index (χ4n) is 2.68. The Balaban J connectivity index is 1.41. The van der Waals surface area contributed by atoms with Gasteiger partial charge in [0.25, 0.3) is 0 Å². The van der Waals surface area contributed by atoms with Gasteiger partial charge >= 0.3 is 0 Å². The van der Waals surface area contributed by atoms with E-state index in [-0.39, 0.29) is 24.5 Å². The number of amides is 1. The highest BCUT2D eigenvalue weighted by Crippen LogP contribution is 2.16. The summed E-state index contributed by atoms with van der Waals surface area (Å²) in [6.07, 6.45) is 3.04. The number of aromatic amines is 1. The molecule has 6 heteroatoms. The number of H-pyrrole nitrogens is 1. The molecule has 26 heavy (non-hydrogen) atoms. The Morgan fingerprint density at radius 1 is 1.08 bits per heavy atom. The van der Waals surface area contributed by atoms with Crippen LogP contribution < -0.4 is 5.32 Å². The van der Waals surface area contributed by atoms with Crippen molar-refractivity contribution in [3.63, 3.8) is 0 Å². The zero-order valence-electron chi connectivity index (χ0n) is 14.6. The van der Waals surface area contributed by atoms with Crippen molar-refractivity contribution in [3.05, 3.63) is 59.9 Å². The first-order valence-corrected chi connectivity index (χ1v) is 9.76. The summed E-state index contributed by atoms with van der Waals surface area (Å²) in [6.45, 7) is 0.495. The van der Waals surface area contributed by atoms with Crippen molar-refractivity contribution in [1.82, 2.24) is 15.3 Å². The third kappa shape index (κ3) is 4.73. The molecule has 0 saturated heterocycles. The number of carbonyl (C=O) groups is 2. The largest absolute Gasteiger partial charge is 0.356 e. The highest BCUT2D eigenvalue weighted by atomic mass is 32.2. The number of carbonyl (C=O) groups excluding carboxylic acids is 2. The summed E-state index contributed by atoms with van der Waals surface area (Å²) in [5, 5.41) is 2.85. The molecule has 5 nitrogen and oxygen atoms in total. The second-order valence-corrected chi connectivity index (χ2v) is 6.83. The predicted molar refractivity (Wildman–Crippen MR) is 105 cm³/mol. The van der Waals surface area contributed by atoms with Crippen LogP contribution in [0.4, 0.5) is 0 Å². The van der Waals surface area contributed by atoms with Gasteiger partial charge in [-0.2, -0.15) is 0 Å². The Labute approximate surface area is 156 Å². The molecule has 3 aromatic rings. The van der Waals surface area contributed by atoms with E-state index < -0.39 is 0 Å². The molecule has 0 aliphatic rings. The Morgan fingerprint density at radius 3 is 2.58 bits per heavy atom. The Morgan fingerprint density at radius 2 is 1.85 bits per heavy atom. The van der Waals surface area contributed by atoms with Gasteiger partial charge in [0, 0.05) is 36.3 Å². The molecule has 0 fully saturated rings. The number of aromatic nitrogens is 2. The van der Waals surface area contributed by atoms with Crippen LogP contribution in [-0.2, 0) is 11.2 Å². The van der Waals surface area contributed by atoms with Crippen LogP contribution in [0, 0.1) is 0 Å². The van der Waals surface area contributed by atoms with Gasteiger partial charge < -0.3 is 10.3 Å². The average molecular weight is 367 g/mol. The van der Waals surface area contributed by atoms with Crippen molar-refractivity contribution in [2.45, 2.75) is 24.2 Å². The van der Waals surface area contributed by atoms with Crippen LogP contribution in [0.5, 0.6) is 0 Å². The second kappa shape index (κ2) is 8.67. The van der Waals surface area contributed by atoms with Crippen LogP contribution in [-0.4, -0.2) is 34.5 Å². The van der Waals surface area contributed by atoms with Gasteiger partial charge in [-0.3, -0.25) is 9.59 Å². The van der Waals surface area contributed by atoms with E-state index in [9.17, 15) is 9.59 Å². The van der Waals surface area contributed by atoms with E-state index in [1.165, 1.54) is 0 Å². The third-order valence-electron chi connectivity index (χ3n) is 4.11. The van der Waals surface area contributed by atoms with Crippen molar-refractivity contribution in [2.75, 3.05) is 12.8 Å². The normalized spacial score (nSPS) is 10.8. The number of benzene rings is 2. The smallest absolute Gasteiger partial charge is 0.220 e. The molecule has 0 aliphatic heterocycles. The number of nitrogens with zero attached hydrogens (tertiary/aromatic N) is 1. The van der Waals surface area contributed by atoms with Gasteiger partial charge in [0.15, 0.2) is 5.78 Å². The van der Waals surface area contributed by atoms with Gasteiger partial charge in [0.2, 0.25) is 5.91 Å². The Kier molecular flexibility index (Phi) is 6.07. The number of ketones is 1. The minimum Gasteiger partial charge on any atom is -0.356 e. The zero-order chi connectivity index (χ0) is 18.4. The van der Waals surface area contributed by atoms with E-state index in [0.717, 1.165) is 21.8 Å². The Bertz CT molecular complexity index is 870. The highest BCUT2D eigenvalue weighted by molar-refractivity contribution is 7.98. The topological polar surface area (TPSA) is 74.8 Å². The molecule has 0 atom stereocenters. The maximum Gasteiger partial charge on any atom is 0.220 e. The first-order chi connectivity index (χ1) is 12.7. The van der Waals surface area contributed by atoms with Crippen LogP contribution in [0.2, 0.25) is 0 Å². The lowest BCUT2D eigenvalue weighted by atomic mass is 10.1. The number of fused-ring (bicyclic) bond motifs is 1. The SMILES string of the molecule is CSc1ccc(C(=O)CCC(=O)NCCc2nc3ccccc3[nH]2)cc1. The molecule has 2 aromatic carbocycles. The van der Waals surface area contributed by atoms with Gasteiger partial charge in [-0.05, 0) is 30.5 Å². The van der Waals surface area contributed by atoms with Crippen LogP contribution in [0.15, 0.2) is 53.4 Å². The number of rotatable bonds is 8. The minimum atomic E-state index is -0.116. The van der Waals surface area contributed by atoms with Crippen molar-refractivity contribution >= 4 is 34.5 Å². The van der Waals surface area contributed by atoms with Crippen LogP contribution in [0.3, 0.4) is 0 Å². The summed E-state index contributed by atoms with van der Waals surface area (Å²) in [6, 6.07) is 15.3. The predicted octanol–water partition coefficient (Wildman–Crippen LogP) is 3.61. The lowest BCUT2D eigenvalue weighted by Crippen LogP contribution is -2.26. The van der Waals surface area contributed by atoms with Crippen molar-refractivity contribution in [2.24, 2.45) is 0 Å². The molecule has 134 valence electrons. The molecule has 0 unspecified atom stereocenters.